The van der Waals surface area contributed by atoms with Gasteiger partial charge in [-0.1, -0.05) is 6.92 Å². The fourth-order valence-corrected chi connectivity index (χ4v) is 2.02. The SMILES string of the molecule is CCC1(NC(=O)c2cc(N)c[nH]2)CCC1. The second-order valence-corrected chi connectivity index (χ2v) is 4.29. The fraction of sp³-hybridized carbons (Fsp3) is 0.545. The van der Waals surface area contributed by atoms with Crippen LogP contribution in [0.5, 0.6) is 0 Å². The van der Waals surface area contributed by atoms with E-state index in [1.807, 2.05) is 0 Å². The number of nitrogens with one attached hydrogen (secondary N) is 2. The second-order valence-electron chi connectivity index (χ2n) is 4.29. The van der Waals surface area contributed by atoms with Crippen molar-refractivity contribution in [3.63, 3.8) is 0 Å². The molecule has 1 saturated carbocycles. The van der Waals surface area contributed by atoms with Crippen LogP contribution in [0, 0.1) is 0 Å². The molecule has 1 heterocycles. The third-order valence-electron chi connectivity index (χ3n) is 3.32. The first-order valence-electron chi connectivity index (χ1n) is 5.42. The summed E-state index contributed by atoms with van der Waals surface area (Å²) in [6.45, 7) is 2.11. The number of anilines is 1. The van der Waals surface area contributed by atoms with E-state index in [0.717, 1.165) is 19.3 Å². The molecule has 0 spiro atoms. The Morgan fingerprint density at radius 2 is 2.40 bits per heavy atom. The van der Waals surface area contributed by atoms with Crippen molar-refractivity contribution in [1.82, 2.24) is 10.3 Å². The molecule has 1 aliphatic carbocycles. The molecule has 1 aromatic heterocycles. The van der Waals surface area contributed by atoms with Crippen LogP contribution in [0.1, 0.15) is 43.1 Å². The Labute approximate surface area is 89.2 Å². The summed E-state index contributed by atoms with van der Waals surface area (Å²) in [5, 5.41) is 3.08. The van der Waals surface area contributed by atoms with Crippen LogP contribution < -0.4 is 11.1 Å². The molecule has 0 atom stereocenters. The predicted molar refractivity (Wildman–Crippen MR) is 59.5 cm³/mol. The number of nitrogen functional groups attached to an aromatic ring is 1. The summed E-state index contributed by atoms with van der Waals surface area (Å²) in [6.07, 6.45) is 6.01. The number of nitrogens with two attached hydrogens (primary N) is 1. The number of aromatic nitrogens is 1. The van der Waals surface area contributed by atoms with Gasteiger partial charge in [0, 0.05) is 17.4 Å². The minimum absolute atomic E-state index is 0.0386. The molecule has 1 fully saturated rings. The van der Waals surface area contributed by atoms with Gasteiger partial charge in [0.2, 0.25) is 0 Å². The van der Waals surface area contributed by atoms with Gasteiger partial charge in [0.25, 0.3) is 5.91 Å². The molecule has 0 bridgehead atoms. The lowest BCUT2D eigenvalue weighted by atomic mass is 9.75. The van der Waals surface area contributed by atoms with E-state index in [1.54, 1.807) is 12.3 Å². The molecule has 0 aromatic carbocycles. The molecule has 0 saturated heterocycles. The van der Waals surface area contributed by atoms with E-state index in [2.05, 4.69) is 17.2 Å². The number of aromatic amines is 1. The highest BCUT2D eigenvalue weighted by molar-refractivity contribution is 5.93. The van der Waals surface area contributed by atoms with E-state index in [0.29, 0.717) is 11.4 Å². The van der Waals surface area contributed by atoms with Crippen molar-refractivity contribution in [2.24, 2.45) is 0 Å². The van der Waals surface area contributed by atoms with E-state index in [9.17, 15) is 4.79 Å². The monoisotopic (exact) mass is 207 g/mol. The highest BCUT2D eigenvalue weighted by Gasteiger charge is 2.36. The van der Waals surface area contributed by atoms with Crippen LogP contribution in [0.15, 0.2) is 12.3 Å². The third-order valence-corrected chi connectivity index (χ3v) is 3.32. The number of amides is 1. The van der Waals surface area contributed by atoms with Gasteiger partial charge in [-0.05, 0) is 31.7 Å². The van der Waals surface area contributed by atoms with Crippen LogP contribution in [-0.2, 0) is 0 Å². The van der Waals surface area contributed by atoms with Crippen molar-refractivity contribution in [2.45, 2.75) is 38.1 Å². The summed E-state index contributed by atoms with van der Waals surface area (Å²) < 4.78 is 0. The van der Waals surface area contributed by atoms with E-state index >= 15 is 0 Å². The quantitative estimate of drug-likeness (QED) is 0.705. The van der Waals surface area contributed by atoms with Crippen LogP contribution in [0.25, 0.3) is 0 Å². The highest BCUT2D eigenvalue weighted by Crippen LogP contribution is 2.34. The van der Waals surface area contributed by atoms with E-state index < -0.39 is 0 Å². The molecule has 4 heteroatoms. The zero-order valence-corrected chi connectivity index (χ0v) is 8.97. The summed E-state index contributed by atoms with van der Waals surface area (Å²) >= 11 is 0. The van der Waals surface area contributed by atoms with Gasteiger partial charge < -0.3 is 16.0 Å². The van der Waals surface area contributed by atoms with Crippen molar-refractivity contribution < 1.29 is 4.79 Å². The second kappa shape index (κ2) is 3.61. The average molecular weight is 207 g/mol. The molecule has 1 aromatic rings. The van der Waals surface area contributed by atoms with Gasteiger partial charge in [-0.25, -0.2) is 0 Å². The summed E-state index contributed by atoms with van der Waals surface area (Å²) in [7, 11) is 0. The Morgan fingerprint density at radius 1 is 1.67 bits per heavy atom. The Balaban J connectivity index is 2.03. The molecule has 15 heavy (non-hydrogen) atoms. The van der Waals surface area contributed by atoms with Gasteiger partial charge in [-0.3, -0.25) is 4.79 Å². The maximum atomic E-state index is 11.8. The zero-order valence-electron chi connectivity index (χ0n) is 8.97. The molecule has 1 amide bonds. The average Bonchev–Trinajstić information content (AvgIpc) is 2.58. The molecule has 82 valence electrons. The Kier molecular flexibility index (Phi) is 2.42. The fourth-order valence-electron chi connectivity index (χ4n) is 2.02. The molecule has 0 radical (unpaired) electrons. The van der Waals surface area contributed by atoms with Crippen molar-refractivity contribution in [1.29, 1.82) is 0 Å². The maximum Gasteiger partial charge on any atom is 0.268 e. The van der Waals surface area contributed by atoms with Crippen LogP contribution in [0.4, 0.5) is 5.69 Å². The minimum Gasteiger partial charge on any atom is -0.397 e. The van der Waals surface area contributed by atoms with E-state index in [-0.39, 0.29) is 11.4 Å². The van der Waals surface area contributed by atoms with Crippen LogP contribution in [0.3, 0.4) is 0 Å². The standard InChI is InChI=1S/C11H17N3O/c1-2-11(4-3-5-11)14-10(15)9-6-8(12)7-13-9/h6-7,13H,2-5,12H2,1H3,(H,14,15). The van der Waals surface area contributed by atoms with Gasteiger partial charge in [0.05, 0.1) is 0 Å². The molecular formula is C11H17N3O. The van der Waals surface area contributed by atoms with Crippen molar-refractivity contribution >= 4 is 11.6 Å². The molecule has 1 aliphatic rings. The van der Waals surface area contributed by atoms with Gasteiger partial charge in [-0.2, -0.15) is 0 Å². The number of carbonyl (C=O) groups excluding carboxylic acids is 1. The molecule has 0 aliphatic heterocycles. The molecule has 4 N–H and O–H groups in total. The smallest absolute Gasteiger partial charge is 0.268 e. The lowest BCUT2D eigenvalue weighted by molar-refractivity contribution is 0.0816. The number of hydrogen-bond acceptors (Lipinski definition) is 2. The number of carbonyl (C=O) groups is 1. The Morgan fingerprint density at radius 3 is 2.80 bits per heavy atom. The Bertz CT molecular complexity index is 360. The lowest BCUT2D eigenvalue weighted by Gasteiger charge is -2.41. The topological polar surface area (TPSA) is 70.9 Å². The van der Waals surface area contributed by atoms with Crippen molar-refractivity contribution in [3.8, 4) is 0 Å². The van der Waals surface area contributed by atoms with Crippen LogP contribution in [-0.4, -0.2) is 16.4 Å². The summed E-state index contributed by atoms with van der Waals surface area (Å²) in [6, 6.07) is 1.66. The molecule has 2 rings (SSSR count). The van der Waals surface area contributed by atoms with Gasteiger partial charge in [-0.15, -0.1) is 0 Å². The largest absolute Gasteiger partial charge is 0.397 e. The summed E-state index contributed by atoms with van der Waals surface area (Å²) in [5.74, 6) is -0.0479. The van der Waals surface area contributed by atoms with Gasteiger partial charge in [0.15, 0.2) is 0 Å². The normalized spacial score (nSPS) is 18.2. The first-order valence-corrected chi connectivity index (χ1v) is 5.42. The highest BCUT2D eigenvalue weighted by atomic mass is 16.2. The Hall–Kier alpha value is -1.45. The predicted octanol–water partition coefficient (Wildman–Crippen LogP) is 1.66. The molecule has 0 unspecified atom stereocenters. The minimum atomic E-state index is -0.0479. The summed E-state index contributed by atoms with van der Waals surface area (Å²) in [4.78, 5) is 14.7. The first-order chi connectivity index (χ1) is 7.15. The van der Waals surface area contributed by atoms with Crippen LogP contribution >= 0.6 is 0 Å². The maximum absolute atomic E-state index is 11.8. The third kappa shape index (κ3) is 1.84. The lowest BCUT2D eigenvalue weighted by Crippen LogP contribution is -2.53. The molecule has 4 nitrogen and oxygen atoms in total. The zero-order chi connectivity index (χ0) is 10.9. The molecular weight excluding hydrogens is 190 g/mol. The van der Waals surface area contributed by atoms with Gasteiger partial charge in [0.1, 0.15) is 5.69 Å². The number of rotatable bonds is 3. The first kappa shape index (κ1) is 10.1. The van der Waals surface area contributed by atoms with E-state index in [1.165, 1.54) is 6.42 Å². The van der Waals surface area contributed by atoms with Crippen molar-refractivity contribution in [3.05, 3.63) is 18.0 Å². The number of hydrogen-bond donors (Lipinski definition) is 3. The number of H-pyrrole nitrogens is 1. The van der Waals surface area contributed by atoms with Crippen LogP contribution in [0.2, 0.25) is 0 Å². The van der Waals surface area contributed by atoms with E-state index in [4.69, 9.17) is 5.73 Å². The van der Waals surface area contributed by atoms with Gasteiger partial charge >= 0.3 is 0 Å². The summed E-state index contributed by atoms with van der Waals surface area (Å²) in [5.41, 5.74) is 6.73. The van der Waals surface area contributed by atoms with Crippen molar-refractivity contribution in [2.75, 3.05) is 5.73 Å².